The monoisotopic (exact) mass is 342 g/mol. The van der Waals surface area contributed by atoms with Crippen LogP contribution in [0.15, 0.2) is 17.3 Å². The van der Waals surface area contributed by atoms with Crippen molar-refractivity contribution in [2.45, 2.75) is 62.0 Å². The molecule has 7 nitrogen and oxygen atoms in total. The lowest BCUT2D eigenvalue weighted by Crippen LogP contribution is -2.51. The van der Waals surface area contributed by atoms with E-state index in [1.807, 2.05) is 6.92 Å². The number of nitrogens with zero attached hydrogens (tertiary/aromatic N) is 3. The predicted octanol–water partition coefficient (Wildman–Crippen LogP) is 1.12. The Morgan fingerprint density at radius 2 is 2.04 bits per heavy atom. The second-order valence-electron chi connectivity index (χ2n) is 6.54. The zero-order valence-corrected chi connectivity index (χ0v) is 14.4. The molecule has 2 atom stereocenters. The number of hydrogen-bond donors (Lipinski definition) is 1. The van der Waals surface area contributed by atoms with Crippen LogP contribution in [0.5, 0.6) is 0 Å². The minimum atomic E-state index is -3.54. The highest BCUT2D eigenvalue weighted by Crippen LogP contribution is 2.28. The summed E-state index contributed by atoms with van der Waals surface area (Å²) in [5.41, 5.74) is 6.01. The Bertz CT molecular complexity index is 622. The number of rotatable bonds is 4. The highest BCUT2D eigenvalue weighted by Gasteiger charge is 2.36. The fraction of sp³-hybridized carbons (Fsp3) is 0.800. The average Bonchev–Trinajstić information content (AvgIpc) is 3.06. The van der Waals surface area contributed by atoms with Gasteiger partial charge in [-0.15, -0.1) is 0 Å². The first-order valence-corrected chi connectivity index (χ1v) is 9.83. The maximum atomic E-state index is 13.0. The van der Waals surface area contributed by atoms with E-state index in [4.69, 9.17) is 10.5 Å². The highest BCUT2D eigenvalue weighted by atomic mass is 32.2. The Morgan fingerprint density at radius 1 is 1.30 bits per heavy atom. The van der Waals surface area contributed by atoms with Crippen molar-refractivity contribution in [1.82, 2.24) is 14.1 Å². The largest absolute Gasteiger partial charge is 0.381 e. The lowest BCUT2D eigenvalue weighted by Gasteiger charge is -2.36. The SMILES string of the molecule is C[C@@H](N)[C@@H]1CCCCN1S(=O)(=O)c1cnn(C2CCOCC2)c1. The molecule has 2 fully saturated rings. The van der Waals surface area contributed by atoms with Crippen LogP contribution in [0.4, 0.5) is 0 Å². The standard InChI is InChI=1S/C15H26N4O3S/c1-12(16)15-4-2-3-7-19(15)23(20,21)14-10-17-18(11-14)13-5-8-22-9-6-13/h10-13,15H,2-9,16H2,1H3/t12-,15+/m1/s1. The molecule has 130 valence electrons. The number of hydrogen-bond acceptors (Lipinski definition) is 5. The van der Waals surface area contributed by atoms with Gasteiger partial charge in [-0.1, -0.05) is 6.42 Å². The van der Waals surface area contributed by atoms with E-state index in [0.29, 0.717) is 19.8 Å². The maximum Gasteiger partial charge on any atom is 0.246 e. The van der Waals surface area contributed by atoms with E-state index in [9.17, 15) is 8.42 Å². The lowest BCUT2D eigenvalue weighted by atomic mass is 10.00. The van der Waals surface area contributed by atoms with E-state index in [1.165, 1.54) is 6.20 Å². The summed E-state index contributed by atoms with van der Waals surface area (Å²) in [6.45, 7) is 3.82. The zero-order valence-electron chi connectivity index (χ0n) is 13.6. The van der Waals surface area contributed by atoms with Gasteiger partial charge in [-0.25, -0.2) is 8.42 Å². The van der Waals surface area contributed by atoms with Crippen molar-refractivity contribution >= 4 is 10.0 Å². The summed E-state index contributed by atoms with van der Waals surface area (Å²) < 4.78 is 34.7. The molecule has 1 aromatic heterocycles. The summed E-state index contributed by atoms with van der Waals surface area (Å²) in [5.74, 6) is 0. The fourth-order valence-electron chi connectivity index (χ4n) is 3.49. The normalized spacial score (nSPS) is 26.3. The van der Waals surface area contributed by atoms with Crippen LogP contribution in [-0.2, 0) is 14.8 Å². The molecule has 2 N–H and O–H groups in total. The van der Waals surface area contributed by atoms with Crippen LogP contribution in [0.1, 0.15) is 45.1 Å². The topological polar surface area (TPSA) is 90.5 Å². The molecule has 3 heterocycles. The third kappa shape index (κ3) is 3.45. The van der Waals surface area contributed by atoms with Gasteiger partial charge in [0.05, 0.1) is 12.2 Å². The number of ether oxygens (including phenoxy) is 1. The summed E-state index contributed by atoms with van der Waals surface area (Å²) in [6.07, 6.45) is 7.61. The Labute approximate surface area is 137 Å². The molecule has 0 radical (unpaired) electrons. The van der Waals surface area contributed by atoms with Crippen LogP contribution in [0, 0.1) is 0 Å². The first-order chi connectivity index (χ1) is 11.0. The van der Waals surface area contributed by atoms with Gasteiger partial charge in [-0.05, 0) is 32.6 Å². The van der Waals surface area contributed by atoms with Gasteiger partial charge in [-0.3, -0.25) is 4.68 Å². The Morgan fingerprint density at radius 3 is 2.74 bits per heavy atom. The van der Waals surface area contributed by atoms with Crippen molar-refractivity contribution in [1.29, 1.82) is 0 Å². The predicted molar refractivity (Wildman–Crippen MR) is 86.5 cm³/mol. The lowest BCUT2D eigenvalue weighted by molar-refractivity contribution is 0.0662. The van der Waals surface area contributed by atoms with E-state index in [1.54, 1.807) is 15.2 Å². The molecule has 0 amide bonds. The quantitative estimate of drug-likeness (QED) is 0.885. The molecule has 2 saturated heterocycles. The van der Waals surface area contributed by atoms with Crippen LogP contribution in [0.25, 0.3) is 0 Å². The van der Waals surface area contributed by atoms with E-state index in [2.05, 4.69) is 5.10 Å². The number of piperidine rings is 1. The minimum Gasteiger partial charge on any atom is -0.381 e. The third-order valence-corrected chi connectivity index (χ3v) is 6.73. The summed E-state index contributed by atoms with van der Waals surface area (Å²) in [7, 11) is -3.54. The zero-order chi connectivity index (χ0) is 16.4. The van der Waals surface area contributed by atoms with Gasteiger partial charge >= 0.3 is 0 Å². The minimum absolute atomic E-state index is 0.125. The van der Waals surface area contributed by atoms with Gasteiger partial charge in [0.2, 0.25) is 10.0 Å². The second-order valence-corrected chi connectivity index (χ2v) is 8.43. The molecule has 1 aromatic rings. The molecule has 0 unspecified atom stereocenters. The summed E-state index contributed by atoms with van der Waals surface area (Å²) in [4.78, 5) is 0.275. The third-order valence-electron chi connectivity index (χ3n) is 4.85. The van der Waals surface area contributed by atoms with Crippen molar-refractivity contribution in [2.24, 2.45) is 5.73 Å². The van der Waals surface area contributed by atoms with Crippen molar-refractivity contribution in [3.8, 4) is 0 Å². The van der Waals surface area contributed by atoms with Gasteiger partial charge in [0.1, 0.15) is 4.90 Å². The molecule has 2 aliphatic heterocycles. The molecule has 0 saturated carbocycles. The molecular weight excluding hydrogens is 316 g/mol. The van der Waals surface area contributed by atoms with Gasteiger partial charge in [-0.2, -0.15) is 9.40 Å². The highest BCUT2D eigenvalue weighted by molar-refractivity contribution is 7.89. The maximum absolute atomic E-state index is 13.0. The molecule has 8 heteroatoms. The molecule has 0 aromatic carbocycles. The number of aromatic nitrogens is 2. The van der Waals surface area contributed by atoms with Crippen LogP contribution in [-0.4, -0.2) is 54.3 Å². The van der Waals surface area contributed by atoms with Crippen LogP contribution >= 0.6 is 0 Å². The summed E-state index contributed by atoms with van der Waals surface area (Å²) >= 11 is 0. The van der Waals surface area contributed by atoms with Crippen molar-refractivity contribution < 1.29 is 13.2 Å². The van der Waals surface area contributed by atoms with Gasteiger partial charge in [0.25, 0.3) is 0 Å². The van der Waals surface area contributed by atoms with Gasteiger partial charge in [0, 0.05) is 38.0 Å². The van der Waals surface area contributed by atoms with E-state index >= 15 is 0 Å². The van der Waals surface area contributed by atoms with Crippen molar-refractivity contribution in [3.63, 3.8) is 0 Å². The number of nitrogens with two attached hydrogens (primary N) is 1. The summed E-state index contributed by atoms with van der Waals surface area (Å²) in [6, 6.07) is -0.0749. The molecular formula is C15H26N4O3S. The number of sulfonamides is 1. The van der Waals surface area contributed by atoms with E-state index < -0.39 is 10.0 Å². The molecule has 0 spiro atoms. The second kappa shape index (κ2) is 6.88. The molecule has 23 heavy (non-hydrogen) atoms. The van der Waals surface area contributed by atoms with Gasteiger partial charge < -0.3 is 10.5 Å². The Balaban J connectivity index is 1.82. The van der Waals surface area contributed by atoms with Gasteiger partial charge in [0.15, 0.2) is 0 Å². The van der Waals surface area contributed by atoms with Crippen LogP contribution in [0.3, 0.4) is 0 Å². The van der Waals surface area contributed by atoms with E-state index in [0.717, 1.165) is 32.1 Å². The molecule has 0 aliphatic carbocycles. The summed E-state index contributed by atoms with van der Waals surface area (Å²) in [5, 5.41) is 4.29. The van der Waals surface area contributed by atoms with Crippen molar-refractivity contribution in [3.05, 3.63) is 12.4 Å². The van der Waals surface area contributed by atoms with Crippen molar-refractivity contribution in [2.75, 3.05) is 19.8 Å². The van der Waals surface area contributed by atoms with Crippen LogP contribution in [0.2, 0.25) is 0 Å². The van der Waals surface area contributed by atoms with Crippen LogP contribution < -0.4 is 5.73 Å². The first-order valence-electron chi connectivity index (χ1n) is 8.39. The Hall–Kier alpha value is -0.960. The smallest absolute Gasteiger partial charge is 0.246 e. The molecule has 2 aliphatic rings. The molecule has 3 rings (SSSR count). The fourth-order valence-corrected chi connectivity index (χ4v) is 5.21. The first kappa shape index (κ1) is 16.9. The average molecular weight is 342 g/mol. The van der Waals surface area contributed by atoms with E-state index in [-0.39, 0.29) is 23.0 Å². The molecule has 0 bridgehead atoms. The Kier molecular flexibility index (Phi) is 5.05.